The molecule has 1 aromatic rings. The van der Waals surface area contributed by atoms with Gasteiger partial charge in [0.1, 0.15) is 0 Å². The molecule has 0 fully saturated rings. The van der Waals surface area contributed by atoms with Crippen molar-refractivity contribution < 1.29 is 14.3 Å². The monoisotopic (exact) mass is 252 g/mol. The summed E-state index contributed by atoms with van der Waals surface area (Å²) in [6.45, 7) is 3.81. The molecule has 0 aromatic carbocycles. The molecule has 18 heavy (non-hydrogen) atoms. The zero-order valence-corrected chi connectivity index (χ0v) is 11.3. The van der Waals surface area contributed by atoms with Gasteiger partial charge in [0.2, 0.25) is 5.91 Å². The van der Waals surface area contributed by atoms with Crippen molar-refractivity contribution in [3.63, 3.8) is 0 Å². The van der Waals surface area contributed by atoms with Gasteiger partial charge in [-0.3, -0.25) is 9.78 Å². The van der Waals surface area contributed by atoms with Gasteiger partial charge in [0.15, 0.2) is 6.29 Å². The fraction of sp³-hybridized carbons (Fsp3) is 0.538. The molecule has 0 bridgehead atoms. The van der Waals surface area contributed by atoms with Gasteiger partial charge in [-0.05, 0) is 26.0 Å². The van der Waals surface area contributed by atoms with Gasteiger partial charge in [0, 0.05) is 20.4 Å². The molecule has 5 nitrogen and oxygen atoms in total. The van der Waals surface area contributed by atoms with E-state index in [1.807, 2.05) is 32.0 Å². The summed E-state index contributed by atoms with van der Waals surface area (Å²) in [5.74, 6) is -0.139. The van der Waals surface area contributed by atoms with E-state index in [0.29, 0.717) is 0 Å². The average molecular weight is 252 g/mol. The number of nitrogens with zero attached hydrogens (tertiary/aromatic N) is 1. The van der Waals surface area contributed by atoms with Gasteiger partial charge in [-0.25, -0.2) is 0 Å². The van der Waals surface area contributed by atoms with Crippen LogP contribution >= 0.6 is 0 Å². The van der Waals surface area contributed by atoms with Crippen molar-refractivity contribution >= 4 is 5.91 Å². The Labute approximate surface area is 108 Å². The Morgan fingerprint density at radius 3 is 2.56 bits per heavy atom. The fourth-order valence-corrected chi connectivity index (χ4v) is 1.61. The second-order valence-corrected chi connectivity index (χ2v) is 4.49. The summed E-state index contributed by atoms with van der Waals surface area (Å²) in [5.41, 5.74) is 0.287. The Kier molecular flexibility index (Phi) is 5.25. The molecule has 0 saturated heterocycles. The van der Waals surface area contributed by atoms with Crippen molar-refractivity contribution in [1.82, 2.24) is 10.3 Å². The van der Waals surface area contributed by atoms with Gasteiger partial charge >= 0.3 is 0 Å². The third kappa shape index (κ3) is 4.09. The smallest absolute Gasteiger partial charge is 0.225 e. The Hall–Kier alpha value is -1.46. The summed E-state index contributed by atoms with van der Waals surface area (Å²) in [7, 11) is 3.01. The van der Waals surface area contributed by atoms with Gasteiger partial charge in [0.05, 0.1) is 17.7 Å². The number of hydrogen-bond acceptors (Lipinski definition) is 4. The number of aromatic nitrogens is 1. The molecule has 0 unspecified atom stereocenters. The van der Waals surface area contributed by atoms with Crippen LogP contribution in [0.25, 0.3) is 0 Å². The molecule has 0 aliphatic carbocycles. The topological polar surface area (TPSA) is 60.5 Å². The standard InChI is InChI=1S/C13H20N2O3/c1-13(2,10-7-5-6-8-14-10)15-11(16)9-12(17-3)18-4/h5-8,12H,9H2,1-4H3,(H,15,16). The lowest BCUT2D eigenvalue weighted by Crippen LogP contribution is -2.43. The first-order chi connectivity index (χ1) is 8.49. The molecule has 0 aliphatic rings. The van der Waals surface area contributed by atoms with E-state index in [1.165, 1.54) is 14.2 Å². The van der Waals surface area contributed by atoms with Gasteiger partial charge in [-0.2, -0.15) is 0 Å². The quantitative estimate of drug-likeness (QED) is 0.778. The van der Waals surface area contributed by atoms with Gasteiger partial charge < -0.3 is 14.8 Å². The zero-order chi connectivity index (χ0) is 13.6. The van der Waals surface area contributed by atoms with Crippen LogP contribution in [0, 0.1) is 0 Å². The van der Waals surface area contributed by atoms with Gasteiger partial charge in [0.25, 0.3) is 0 Å². The zero-order valence-electron chi connectivity index (χ0n) is 11.3. The van der Waals surface area contributed by atoms with E-state index in [2.05, 4.69) is 10.3 Å². The summed E-state index contributed by atoms with van der Waals surface area (Å²) < 4.78 is 9.98. The van der Waals surface area contributed by atoms with E-state index >= 15 is 0 Å². The van der Waals surface area contributed by atoms with Crippen LogP contribution in [-0.4, -0.2) is 31.4 Å². The van der Waals surface area contributed by atoms with Crippen molar-refractivity contribution in [2.45, 2.75) is 32.1 Å². The molecular weight excluding hydrogens is 232 g/mol. The molecule has 100 valence electrons. The van der Waals surface area contributed by atoms with Crippen LogP contribution in [0.1, 0.15) is 26.0 Å². The molecular formula is C13H20N2O3. The Morgan fingerprint density at radius 2 is 2.06 bits per heavy atom. The summed E-state index contributed by atoms with van der Waals surface area (Å²) >= 11 is 0. The maximum atomic E-state index is 11.9. The minimum absolute atomic E-state index is 0.139. The lowest BCUT2D eigenvalue weighted by atomic mass is 9.99. The minimum Gasteiger partial charge on any atom is -0.355 e. The average Bonchev–Trinajstić information content (AvgIpc) is 2.36. The van der Waals surface area contributed by atoms with Crippen LogP contribution in [0.5, 0.6) is 0 Å². The number of rotatable bonds is 6. The van der Waals surface area contributed by atoms with Crippen molar-refractivity contribution in [3.8, 4) is 0 Å². The largest absolute Gasteiger partial charge is 0.355 e. The van der Waals surface area contributed by atoms with Gasteiger partial charge in [-0.1, -0.05) is 6.07 Å². The first-order valence-corrected chi connectivity index (χ1v) is 5.77. The lowest BCUT2D eigenvalue weighted by molar-refractivity contribution is -0.140. The van der Waals surface area contributed by atoms with E-state index in [4.69, 9.17) is 9.47 Å². The molecule has 1 heterocycles. The molecule has 0 saturated carbocycles. The minimum atomic E-state index is -0.524. The van der Waals surface area contributed by atoms with Crippen LogP contribution in [0.4, 0.5) is 0 Å². The van der Waals surface area contributed by atoms with Crippen molar-refractivity contribution in [2.24, 2.45) is 0 Å². The highest BCUT2D eigenvalue weighted by Crippen LogP contribution is 2.17. The summed E-state index contributed by atoms with van der Waals surface area (Å²) in [4.78, 5) is 16.1. The number of hydrogen-bond donors (Lipinski definition) is 1. The van der Waals surface area contributed by atoms with E-state index in [1.54, 1.807) is 6.20 Å². The SMILES string of the molecule is COC(CC(=O)NC(C)(C)c1ccccn1)OC. The molecule has 0 spiro atoms. The number of nitrogens with one attached hydrogen (secondary N) is 1. The van der Waals surface area contributed by atoms with Crippen LogP contribution < -0.4 is 5.32 Å². The predicted octanol–water partition coefficient (Wildman–Crippen LogP) is 1.44. The van der Waals surface area contributed by atoms with Crippen LogP contribution in [-0.2, 0) is 19.8 Å². The maximum Gasteiger partial charge on any atom is 0.225 e. The summed E-state index contributed by atoms with van der Waals surface area (Å²) in [6, 6.07) is 5.61. The second kappa shape index (κ2) is 6.47. The Bertz CT molecular complexity index is 375. The first kappa shape index (κ1) is 14.6. The first-order valence-electron chi connectivity index (χ1n) is 5.77. The van der Waals surface area contributed by atoms with E-state index in [-0.39, 0.29) is 12.3 Å². The van der Waals surface area contributed by atoms with Crippen LogP contribution in [0.2, 0.25) is 0 Å². The normalized spacial score (nSPS) is 11.6. The highest BCUT2D eigenvalue weighted by Gasteiger charge is 2.25. The molecule has 1 rings (SSSR count). The molecule has 0 atom stereocenters. The number of carbonyl (C=O) groups is 1. The number of ether oxygens (including phenoxy) is 2. The van der Waals surface area contributed by atoms with Crippen LogP contribution in [0.3, 0.4) is 0 Å². The van der Waals surface area contributed by atoms with E-state index < -0.39 is 11.8 Å². The summed E-state index contributed by atoms with van der Waals surface area (Å²) in [6.07, 6.45) is 1.34. The third-order valence-electron chi connectivity index (χ3n) is 2.64. The molecule has 0 radical (unpaired) electrons. The highest BCUT2D eigenvalue weighted by molar-refractivity contribution is 5.77. The van der Waals surface area contributed by atoms with Crippen molar-refractivity contribution in [2.75, 3.05) is 14.2 Å². The third-order valence-corrected chi connectivity index (χ3v) is 2.64. The number of methoxy groups -OCH3 is 2. The molecule has 5 heteroatoms. The Balaban J connectivity index is 2.63. The van der Waals surface area contributed by atoms with Crippen molar-refractivity contribution in [3.05, 3.63) is 30.1 Å². The lowest BCUT2D eigenvalue weighted by Gasteiger charge is -2.26. The maximum absolute atomic E-state index is 11.9. The molecule has 1 N–H and O–H groups in total. The summed E-state index contributed by atoms with van der Waals surface area (Å²) in [5, 5.41) is 2.91. The van der Waals surface area contributed by atoms with Crippen LogP contribution in [0.15, 0.2) is 24.4 Å². The Morgan fingerprint density at radius 1 is 1.39 bits per heavy atom. The molecule has 1 aromatic heterocycles. The predicted molar refractivity (Wildman–Crippen MR) is 67.8 cm³/mol. The van der Waals surface area contributed by atoms with E-state index in [9.17, 15) is 4.79 Å². The highest BCUT2D eigenvalue weighted by atomic mass is 16.7. The van der Waals surface area contributed by atoms with Gasteiger partial charge in [-0.15, -0.1) is 0 Å². The second-order valence-electron chi connectivity index (χ2n) is 4.49. The number of pyridine rings is 1. The van der Waals surface area contributed by atoms with Crippen molar-refractivity contribution in [1.29, 1.82) is 0 Å². The molecule has 0 aliphatic heterocycles. The number of carbonyl (C=O) groups excluding carboxylic acids is 1. The fourth-order valence-electron chi connectivity index (χ4n) is 1.61. The molecule has 1 amide bonds. The number of amides is 1. The van der Waals surface area contributed by atoms with E-state index in [0.717, 1.165) is 5.69 Å².